The van der Waals surface area contributed by atoms with E-state index in [1.54, 1.807) is 0 Å². The van der Waals surface area contributed by atoms with Crippen LogP contribution in [0, 0.1) is 0 Å². The zero-order chi connectivity index (χ0) is 24.6. The van der Waals surface area contributed by atoms with Gasteiger partial charge in [0.2, 0.25) is 0 Å². The van der Waals surface area contributed by atoms with E-state index < -0.39 is 17.6 Å². The molecule has 0 aliphatic heterocycles. The third-order valence-electron chi connectivity index (χ3n) is 7.08. The van der Waals surface area contributed by atoms with Gasteiger partial charge in [-0.2, -0.15) is 0 Å². The van der Waals surface area contributed by atoms with Crippen molar-refractivity contribution in [2.45, 2.75) is 50.9 Å². The van der Waals surface area contributed by atoms with Crippen LogP contribution in [0.1, 0.15) is 39.1 Å². The average Bonchev–Trinajstić information content (AvgIpc) is 2.90. The summed E-state index contributed by atoms with van der Waals surface area (Å²) in [6.45, 7) is 13.8. The largest absolute Gasteiger partial charge is 0.266 e. The molecule has 2 atom stereocenters. The summed E-state index contributed by atoms with van der Waals surface area (Å²) in [7, 11) is -2.34. The number of hydrogen-bond donors (Lipinski definition) is 0. The molecule has 0 aliphatic rings. The summed E-state index contributed by atoms with van der Waals surface area (Å²) in [5.74, 6) is 0. The zero-order valence-electron chi connectivity index (χ0n) is 21.8. The molecule has 4 aromatic heterocycles. The van der Waals surface area contributed by atoms with Crippen LogP contribution >= 0.6 is 0 Å². The molecule has 0 bridgehead atoms. The molecule has 2 radical (unpaired) electrons. The molecule has 4 nitrogen and oxygen atoms in total. The Morgan fingerprint density at radius 2 is 0.778 bits per heavy atom. The first-order valence-corrected chi connectivity index (χ1v) is 16.5. The maximum Gasteiger partial charge on any atom is 0.103 e. The van der Waals surface area contributed by atoms with Gasteiger partial charge in [-0.15, -0.1) is 0 Å². The molecule has 0 saturated heterocycles. The van der Waals surface area contributed by atoms with Crippen molar-refractivity contribution in [2.75, 3.05) is 0 Å². The van der Waals surface area contributed by atoms with E-state index in [0.29, 0.717) is 0 Å². The summed E-state index contributed by atoms with van der Waals surface area (Å²) >= 11 is 0. The van der Waals surface area contributed by atoms with Crippen LogP contribution in [0.25, 0.3) is 0 Å². The van der Waals surface area contributed by atoms with Gasteiger partial charge in [0.05, 0.1) is 0 Å². The van der Waals surface area contributed by atoms with Gasteiger partial charge in [-0.1, -0.05) is 65.1 Å². The van der Waals surface area contributed by atoms with E-state index in [4.69, 9.17) is 0 Å². The molecule has 36 heavy (non-hydrogen) atoms. The molecule has 4 aromatic rings. The van der Waals surface area contributed by atoms with Gasteiger partial charge in [0.1, 0.15) is 17.6 Å². The van der Waals surface area contributed by atoms with Gasteiger partial charge in [0.15, 0.2) is 0 Å². The first-order chi connectivity index (χ1) is 16.2. The Kier molecular flexibility index (Phi) is 13.1. The fourth-order valence-corrected chi connectivity index (χ4v) is 8.06. The van der Waals surface area contributed by atoms with Crippen LogP contribution in [0.5, 0.6) is 0 Å². The van der Waals surface area contributed by atoms with E-state index in [9.17, 15) is 0 Å². The van der Waals surface area contributed by atoms with Gasteiger partial charge in [-0.05, 0) is 48.5 Å². The minimum Gasteiger partial charge on any atom is -0.266 e. The fraction of sp³-hybridized carbons (Fsp3) is 0.286. The number of nitrogens with zero attached hydrogens (tertiary/aromatic N) is 4. The van der Waals surface area contributed by atoms with Crippen molar-refractivity contribution in [3.05, 3.63) is 109 Å². The summed E-state index contributed by atoms with van der Waals surface area (Å²) < 4.78 is 0. The smallest absolute Gasteiger partial charge is 0.103 e. The zero-order valence-corrected chi connectivity index (χ0v) is 26.0. The number of aromatic nitrogens is 4. The van der Waals surface area contributed by atoms with Crippen LogP contribution in [-0.2, 0) is 44.2 Å². The van der Waals surface area contributed by atoms with Gasteiger partial charge in [0.25, 0.3) is 0 Å². The topological polar surface area (TPSA) is 51.6 Å². The monoisotopic (exact) mass is 610 g/mol. The first-order valence-electron chi connectivity index (χ1n) is 11.9. The molecule has 0 amide bonds. The van der Waals surface area contributed by atoms with Crippen molar-refractivity contribution in [2.24, 2.45) is 0 Å². The predicted molar refractivity (Wildman–Crippen MR) is 148 cm³/mol. The Bertz CT molecular complexity index is 1040. The molecule has 0 N–H and O–H groups in total. The normalized spacial score (nSPS) is 12.6. The Hall–Kier alpha value is -1.93. The van der Waals surface area contributed by atoms with Crippen LogP contribution < -0.4 is 10.6 Å². The fourth-order valence-electron chi connectivity index (χ4n) is 3.94. The SMILES string of the molecule is C[SiH](c1ccccn1)C(C)(C)c1ccccn1.C[SiH](c1ccccn1)C(C)(C)c1ccccn1.[Cu].[Cu]. The van der Waals surface area contributed by atoms with Crippen molar-refractivity contribution in [3.8, 4) is 0 Å². The Morgan fingerprint density at radius 3 is 1.03 bits per heavy atom. The van der Waals surface area contributed by atoms with Gasteiger partial charge in [-0.25, -0.2) is 0 Å². The number of rotatable bonds is 6. The van der Waals surface area contributed by atoms with Crippen LogP contribution in [0.15, 0.2) is 97.6 Å². The van der Waals surface area contributed by atoms with Crippen molar-refractivity contribution < 1.29 is 34.1 Å². The van der Waals surface area contributed by atoms with Crippen LogP contribution in [0.3, 0.4) is 0 Å². The molecule has 0 aromatic carbocycles. The Morgan fingerprint density at radius 1 is 0.472 bits per heavy atom. The quantitative estimate of drug-likeness (QED) is 0.308. The molecule has 4 rings (SSSR count). The van der Waals surface area contributed by atoms with Crippen molar-refractivity contribution in [1.82, 2.24) is 19.9 Å². The predicted octanol–water partition coefficient (Wildman–Crippen LogP) is 4.11. The van der Waals surface area contributed by atoms with E-state index in [2.05, 4.69) is 109 Å². The minimum atomic E-state index is -1.17. The van der Waals surface area contributed by atoms with Crippen LogP contribution in [-0.4, -0.2) is 37.5 Å². The third-order valence-corrected chi connectivity index (χ3v) is 14.5. The summed E-state index contributed by atoms with van der Waals surface area (Å²) in [5.41, 5.74) is 2.34. The second-order valence-corrected chi connectivity index (χ2v) is 16.8. The number of pyridine rings is 4. The summed E-state index contributed by atoms with van der Waals surface area (Å²) in [4.78, 5) is 18.0. The van der Waals surface area contributed by atoms with Crippen molar-refractivity contribution >= 4 is 28.2 Å². The van der Waals surface area contributed by atoms with Crippen LogP contribution in [0.2, 0.25) is 13.1 Å². The third kappa shape index (κ3) is 8.04. The Balaban J connectivity index is 0.000000341. The van der Waals surface area contributed by atoms with E-state index in [1.165, 1.54) is 22.0 Å². The second-order valence-electron chi connectivity index (χ2n) is 9.83. The molecule has 0 spiro atoms. The van der Waals surface area contributed by atoms with E-state index in [1.807, 2.05) is 49.1 Å². The summed E-state index contributed by atoms with van der Waals surface area (Å²) in [6.07, 6.45) is 7.51. The molecule has 2 unspecified atom stereocenters. The van der Waals surface area contributed by atoms with Gasteiger partial charge < -0.3 is 0 Å². The van der Waals surface area contributed by atoms with Crippen molar-refractivity contribution in [1.29, 1.82) is 0 Å². The first kappa shape index (κ1) is 32.1. The summed E-state index contributed by atoms with van der Waals surface area (Å²) in [6, 6.07) is 24.6. The molecule has 0 aliphatic carbocycles. The van der Waals surface area contributed by atoms with Crippen molar-refractivity contribution in [3.63, 3.8) is 0 Å². The molecule has 0 fully saturated rings. The standard InChI is InChI=1S/2C14H18N2Si.2Cu/c2*1-14(2,12-8-4-6-10-15-12)17(3)13-9-5-7-11-16-13;;/h2*4-11,17H,1-3H3;;. The second kappa shape index (κ2) is 14.7. The minimum absolute atomic E-state index is 0. The van der Waals surface area contributed by atoms with E-state index in [0.717, 1.165) is 0 Å². The number of hydrogen-bond acceptors (Lipinski definition) is 4. The van der Waals surface area contributed by atoms with Crippen LogP contribution in [0.4, 0.5) is 0 Å². The molecule has 8 heteroatoms. The molecule has 198 valence electrons. The molecule has 4 heterocycles. The van der Waals surface area contributed by atoms with Gasteiger partial charge >= 0.3 is 0 Å². The molecule has 0 saturated carbocycles. The maximum atomic E-state index is 4.50. The van der Waals surface area contributed by atoms with E-state index >= 15 is 0 Å². The average molecular weight is 612 g/mol. The molecular formula is C28H36Cu2N4Si2. The summed E-state index contributed by atoms with van der Waals surface area (Å²) in [5, 5.41) is 2.75. The van der Waals surface area contributed by atoms with Gasteiger partial charge in [-0.3, -0.25) is 19.9 Å². The van der Waals surface area contributed by atoms with E-state index in [-0.39, 0.29) is 44.2 Å². The molecular weight excluding hydrogens is 576 g/mol. The Labute approximate surface area is 241 Å². The van der Waals surface area contributed by atoms with Gasteiger partial charge in [0, 0.05) is 91.0 Å². The maximum absolute atomic E-state index is 4.50.